The first-order valence-corrected chi connectivity index (χ1v) is 14.2. The number of amides is 1. The van der Waals surface area contributed by atoms with Gasteiger partial charge in [-0.05, 0) is 60.2 Å². The standard InChI is InChI=1S/C29H27NO6S2/c31-29(30-9-11-32-12-10-30)8-2-20-1-3-23(37-21-4-6-24-26(17-21)35-15-13-33-24)19-28(20)38-22-5-7-25-27(18-22)36-16-14-34-25/h1-8,17-19H,9-16H2/b8-2+. The highest BCUT2D eigenvalue weighted by molar-refractivity contribution is 8.00. The predicted octanol–water partition coefficient (Wildman–Crippen LogP) is 5.40. The molecule has 196 valence electrons. The van der Waals surface area contributed by atoms with Crippen molar-refractivity contribution >= 4 is 35.5 Å². The number of ether oxygens (including phenoxy) is 5. The molecule has 0 atom stereocenters. The Balaban J connectivity index is 1.27. The van der Waals surface area contributed by atoms with E-state index in [1.165, 1.54) is 0 Å². The highest BCUT2D eigenvalue weighted by atomic mass is 32.2. The lowest BCUT2D eigenvalue weighted by molar-refractivity contribution is -0.129. The van der Waals surface area contributed by atoms with E-state index in [9.17, 15) is 4.79 Å². The van der Waals surface area contributed by atoms with Crippen LogP contribution in [-0.4, -0.2) is 63.5 Å². The van der Waals surface area contributed by atoms with E-state index in [1.54, 1.807) is 29.6 Å². The third kappa shape index (κ3) is 5.90. The quantitative estimate of drug-likeness (QED) is 0.379. The maximum atomic E-state index is 12.7. The molecule has 6 rings (SSSR count). The van der Waals surface area contributed by atoms with Crippen molar-refractivity contribution in [1.82, 2.24) is 4.90 Å². The molecule has 3 aromatic rings. The Morgan fingerprint density at radius 2 is 1.21 bits per heavy atom. The summed E-state index contributed by atoms with van der Waals surface area (Å²) in [6, 6.07) is 18.3. The van der Waals surface area contributed by atoms with Crippen LogP contribution < -0.4 is 18.9 Å². The molecule has 0 N–H and O–H groups in total. The van der Waals surface area contributed by atoms with Crippen molar-refractivity contribution in [3.8, 4) is 23.0 Å². The highest BCUT2D eigenvalue weighted by Gasteiger charge is 2.17. The van der Waals surface area contributed by atoms with Gasteiger partial charge in [-0.2, -0.15) is 0 Å². The van der Waals surface area contributed by atoms with Crippen LogP contribution in [0.15, 0.2) is 80.3 Å². The molecular weight excluding hydrogens is 522 g/mol. The minimum Gasteiger partial charge on any atom is -0.486 e. The average molecular weight is 550 g/mol. The zero-order valence-electron chi connectivity index (χ0n) is 20.7. The van der Waals surface area contributed by atoms with E-state index >= 15 is 0 Å². The molecule has 1 saturated heterocycles. The molecule has 0 unspecified atom stereocenters. The molecule has 38 heavy (non-hydrogen) atoms. The molecular formula is C29H27NO6S2. The summed E-state index contributed by atoms with van der Waals surface area (Å²) in [6.07, 6.45) is 3.55. The van der Waals surface area contributed by atoms with Gasteiger partial charge in [0.1, 0.15) is 26.4 Å². The molecule has 0 saturated carbocycles. The molecule has 3 heterocycles. The van der Waals surface area contributed by atoms with Crippen LogP contribution in [0.25, 0.3) is 6.08 Å². The summed E-state index contributed by atoms with van der Waals surface area (Å²) >= 11 is 3.29. The Morgan fingerprint density at radius 1 is 0.658 bits per heavy atom. The number of rotatable bonds is 6. The number of carbonyl (C=O) groups is 1. The first-order chi connectivity index (χ1) is 18.7. The van der Waals surface area contributed by atoms with Gasteiger partial charge in [0.2, 0.25) is 5.91 Å². The zero-order chi connectivity index (χ0) is 25.7. The summed E-state index contributed by atoms with van der Waals surface area (Å²) < 4.78 is 28.3. The summed E-state index contributed by atoms with van der Waals surface area (Å²) in [7, 11) is 0. The molecule has 0 spiro atoms. The van der Waals surface area contributed by atoms with Crippen molar-refractivity contribution in [2.24, 2.45) is 0 Å². The van der Waals surface area contributed by atoms with Crippen LogP contribution in [0.1, 0.15) is 5.56 Å². The lowest BCUT2D eigenvalue weighted by Crippen LogP contribution is -2.39. The van der Waals surface area contributed by atoms with E-state index in [1.807, 2.05) is 47.4 Å². The maximum Gasteiger partial charge on any atom is 0.246 e. The van der Waals surface area contributed by atoms with Gasteiger partial charge in [-0.1, -0.05) is 29.6 Å². The lowest BCUT2D eigenvalue weighted by atomic mass is 10.2. The van der Waals surface area contributed by atoms with Crippen molar-refractivity contribution in [1.29, 1.82) is 0 Å². The molecule has 1 amide bonds. The zero-order valence-corrected chi connectivity index (χ0v) is 22.4. The van der Waals surface area contributed by atoms with E-state index in [0.717, 1.165) is 48.1 Å². The van der Waals surface area contributed by atoms with E-state index in [-0.39, 0.29) is 5.91 Å². The largest absolute Gasteiger partial charge is 0.486 e. The van der Waals surface area contributed by atoms with Gasteiger partial charge in [-0.3, -0.25) is 4.79 Å². The van der Waals surface area contributed by atoms with Gasteiger partial charge in [0.15, 0.2) is 23.0 Å². The van der Waals surface area contributed by atoms with Gasteiger partial charge in [0.25, 0.3) is 0 Å². The van der Waals surface area contributed by atoms with Crippen LogP contribution in [-0.2, 0) is 9.53 Å². The average Bonchev–Trinajstić information content (AvgIpc) is 2.97. The number of benzene rings is 3. The van der Waals surface area contributed by atoms with Crippen molar-refractivity contribution < 1.29 is 28.5 Å². The minimum absolute atomic E-state index is 0.00157. The molecule has 7 nitrogen and oxygen atoms in total. The summed E-state index contributed by atoms with van der Waals surface area (Å²) in [4.78, 5) is 18.8. The molecule has 3 aromatic carbocycles. The Bertz CT molecular complexity index is 1350. The normalized spacial score (nSPS) is 16.5. The molecule has 3 aliphatic rings. The monoisotopic (exact) mass is 549 g/mol. The maximum absolute atomic E-state index is 12.7. The van der Waals surface area contributed by atoms with Crippen molar-refractivity contribution in [2.45, 2.75) is 19.6 Å². The third-order valence-corrected chi connectivity index (χ3v) is 8.25. The fourth-order valence-corrected chi connectivity index (χ4v) is 6.25. The van der Waals surface area contributed by atoms with E-state index in [2.05, 4.69) is 18.2 Å². The summed E-state index contributed by atoms with van der Waals surface area (Å²) in [6.45, 7) is 4.63. The number of hydrogen-bond donors (Lipinski definition) is 0. The Labute approximate surface area is 230 Å². The molecule has 0 radical (unpaired) electrons. The van der Waals surface area contributed by atoms with Crippen LogP contribution in [0.5, 0.6) is 23.0 Å². The summed E-state index contributed by atoms with van der Waals surface area (Å²) in [5.74, 6) is 3.06. The van der Waals surface area contributed by atoms with E-state index < -0.39 is 0 Å². The molecule has 3 aliphatic heterocycles. The van der Waals surface area contributed by atoms with Crippen molar-refractivity contribution in [3.63, 3.8) is 0 Å². The number of nitrogens with zero attached hydrogens (tertiary/aromatic N) is 1. The van der Waals surface area contributed by atoms with Crippen molar-refractivity contribution in [2.75, 3.05) is 52.7 Å². The lowest BCUT2D eigenvalue weighted by Gasteiger charge is -2.25. The SMILES string of the molecule is O=C(/C=C/c1ccc(Sc2ccc3c(c2)OCCO3)cc1Sc1ccc2c(c1)OCCO2)N1CCOCC1. The number of fused-ring (bicyclic) bond motifs is 2. The fourth-order valence-electron chi connectivity index (χ4n) is 4.29. The van der Waals surface area contributed by atoms with Gasteiger partial charge in [0.05, 0.1) is 13.2 Å². The second kappa shape index (κ2) is 11.6. The smallest absolute Gasteiger partial charge is 0.246 e. The third-order valence-electron chi connectivity index (χ3n) is 6.20. The van der Waals surface area contributed by atoms with Crippen LogP contribution in [0.3, 0.4) is 0 Å². The van der Waals surface area contributed by atoms with E-state index in [4.69, 9.17) is 23.7 Å². The van der Waals surface area contributed by atoms with Crippen LogP contribution in [0, 0.1) is 0 Å². The summed E-state index contributed by atoms with van der Waals surface area (Å²) in [5, 5.41) is 0. The highest BCUT2D eigenvalue weighted by Crippen LogP contribution is 2.41. The van der Waals surface area contributed by atoms with Gasteiger partial charge in [-0.15, -0.1) is 0 Å². The van der Waals surface area contributed by atoms with E-state index in [0.29, 0.717) is 52.7 Å². The molecule has 0 aliphatic carbocycles. The Kier molecular flexibility index (Phi) is 7.66. The minimum atomic E-state index is -0.00157. The second-order valence-corrected chi connectivity index (χ2v) is 11.0. The molecule has 9 heteroatoms. The van der Waals surface area contributed by atoms with Crippen LogP contribution in [0.2, 0.25) is 0 Å². The second-order valence-electron chi connectivity index (χ2n) is 8.79. The molecule has 0 aromatic heterocycles. The first kappa shape index (κ1) is 25.0. The predicted molar refractivity (Wildman–Crippen MR) is 146 cm³/mol. The van der Waals surface area contributed by atoms with Crippen molar-refractivity contribution in [3.05, 3.63) is 66.2 Å². The Morgan fingerprint density at radius 3 is 1.87 bits per heavy atom. The van der Waals surface area contributed by atoms with Gasteiger partial charge in [-0.25, -0.2) is 0 Å². The number of carbonyl (C=O) groups excluding carboxylic acids is 1. The van der Waals surface area contributed by atoms with Gasteiger partial charge >= 0.3 is 0 Å². The Hall–Kier alpha value is -3.27. The van der Waals surface area contributed by atoms with Crippen LogP contribution >= 0.6 is 23.5 Å². The van der Waals surface area contributed by atoms with Gasteiger partial charge < -0.3 is 28.6 Å². The summed E-state index contributed by atoms with van der Waals surface area (Å²) in [5.41, 5.74) is 0.970. The van der Waals surface area contributed by atoms with Crippen LogP contribution in [0.4, 0.5) is 0 Å². The number of morpholine rings is 1. The van der Waals surface area contributed by atoms with Gasteiger partial charge in [0, 0.05) is 38.7 Å². The number of hydrogen-bond acceptors (Lipinski definition) is 8. The molecule has 1 fully saturated rings. The molecule has 0 bridgehead atoms. The first-order valence-electron chi connectivity index (χ1n) is 12.6. The fraction of sp³-hybridized carbons (Fsp3) is 0.276. The topological polar surface area (TPSA) is 66.5 Å².